The van der Waals surface area contributed by atoms with Crippen LogP contribution in [0.4, 0.5) is 0 Å². The molecule has 0 bridgehead atoms. The average molecular weight is 498 g/mol. The molecular formula is C14H12I2O4. The summed E-state index contributed by atoms with van der Waals surface area (Å²) in [7, 11) is 3.08. The van der Waals surface area contributed by atoms with Crippen LogP contribution in [0.2, 0.25) is 0 Å². The van der Waals surface area contributed by atoms with Gasteiger partial charge in [0.2, 0.25) is 5.75 Å². The molecule has 0 unspecified atom stereocenters. The molecule has 6 heteroatoms. The second-order valence-electron chi connectivity index (χ2n) is 3.85. The molecule has 0 fully saturated rings. The quantitative estimate of drug-likeness (QED) is 0.636. The van der Waals surface area contributed by atoms with Crippen LogP contribution in [0.25, 0.3) is 0 Å². The van der Waals surface area contributed by atoms with Crippen LogP contribution in [0, 0.1) is 7.14 Å². The molecule has 0 saturated carbocycles. The molecular weight excluding hydrogens is 486 g/mol. The molecule has 0 atom stereocenters. The SMILES string of the molecule is COc1cc(I)ccc1Oc1cc(I)cc(OC)c1O. The number of aromatic hydroxyl groups is 1. The monoisotopic (exact) mass is 498 g/mol. The first-order chi connectivity index (χ1) is 9.55. The van der Waals surface area contributed by atoms with Crippen LogP contribution < -0.4 is 14.2 Å². The lowest BCUT2D eigenvalue weighted by molar-refractivity contribution is 0.343. The Balaban J connectivity index is 2.42. The van der Waals surface area contributed by atoms with Crippen LogP contribution in [0.15, 0.2) is 30.3 Å². The number of hydrogen-bond donors (Lipinski definition) is 1. The summed E-state index contributed by atoms with van der Waals surface area (Å²) < 4.78 is 18.1. The van der Waals surface area contributed by atoms with Crippen LogP contribution in [0.5, 0.6) is 28.7 Å². The second-order valence-corrected chi connectivity index (χ2v) is 6.34. The van der Waals surface area contributed by atoms with E-state index in [4.69, 9.17) is 14.2 Å². The van der Waals surface area contributed by atoms with E-state index in [1.165, 1.54) is 7.11 Å². The van der Waals surface area contributed by atoms with Gasteiger partial charge < -0.3 is 19.3 Å². The molecule has 0 saturated heterocycles. The number of ether oxygens (including phenoxy) is 3. The topological polar surface area (TPSA) is 47.9 Å². The molecule has 106 valence electrons. The highest BCUT2D eigenvalue weighted by Gasteiger charge is 2.14. The molecule has 0 aliphatic heterocycles. The van der Waals surface area contributed by atoms with Crippen molar-refractivity contribution in [3.8, 4) is 28.7 Å². The number of phenols is 1. The van der Waals surface area contributed by atoms with Crippen molar-refractivity contribution in [3.63, 3.8) is 0 Å². The van der Waals surface area contributed by atoms with Gasteiger partial charge in [0.15, 0.2) is 23.0 Å². The fraction of sp³-hybridized carbons (Fsp3) is 0.143. The van der Waals surface area contributed by atoms with Crippen molar-refractivity contribution in [2.24, 2.45) is 0 Å². The standard InChI is InChI=1S/C14H12I2O4/c1-18-11-5-8(15)3-4-10(11)20-13-7-9(16)6-12(19-2)14(13)17/h3-7,17H,1-2H3. The Morgan fingerprint density at radius 3 is 2.05 bits per heavy atom. The van der Waals surface area contributed by atoms with E-state index in [1.807, 2.05) is 12.1 Å². The molecule has 0 heterocycles. The zero-order chi connectivity index (χ0) is 14.7. The highest BCUT2D eigenvalue weighted by molar-refractivity contribution is 14.1. The highest BCUT2D eigenvalue weighted by atomic mass is 127. The van der Waals surface area contributed by atoms with Gasteiger partial charge in [-0.1, -0.05) is 0 Å². The molecule has 0 aliphatic rings. The van der Waals surface area contributed by atoms with Gasteiger partial charge in [-0.25, -0.2) is 0 Å². The Kier molecular flexibility index (Phi) is 5.19. The van der Waals surface area contributed by atoms with Crippen molar-refractivity contribution in [2.75, 3.05) is 14.2 Å². The van der Waals surface area contributed by atoms with E-state index >= 15 is 0 Å². The molecule has 0 amide bonds. The van der Waals surface area contributed by atoms with Crippen LogP contribution >= 0.6 is 45.2 Å². The highest BCUT2D eigenvalue weighted by Crippen LogP contribution is 2.42. The minimum atomic E-state index is -0.0338. The van der Waals surface area contributed by atoms with Gasteiger partial charge in [0.25, 0.3) is 0 Å². The van der Waals surface area contributed by atoms with Gasteiger partial charge in [-0.3, -0.25) is 0 Å². The van der Waals surface area contributed by atoms with E-state index in [2.05, 4.69) is 45.2 Å². The van der Waals surface area contributed by atoms with Gasteiger partial charge in [0.1, 0.15) is 0 Å². The largest absolute Gasteiger partial charge is 0.502 e. The smallest absolute Gasteiger partial charge is 0.201 e. The van der Waals surface area contributed by atoms with Gasteiger partial charge in [0.05, 0.1) is 14.2 Å². The number of phenolic OH excluding ortho intramolecular Hbond substituents is 1. The maximum absolute atomic E-state index is 10.1. The van der Waals surface area contributed by atoms with Crippen molar-refractivity contribution in [1.29, 1.82) is 0 Å². The van der Waals surface area contributed by atoms with Gasteiger partial charge in [-0.05, 0) is 75.5 Å². The van der Waals surface area contributed by atoms with E-state index in [1.54, 1.807) is 25.3 Å². The van der Waals surface area contributed by atoms with E-state index in [9.17, 15) is 5.11 Å². The average Bonchev–Trinajstić information content (AvgIpc) is 2.44. The van der Waals surface area contributed by atoms with Crippen LogP contribution in [-0.4, -0.2) is 19.3 Å². The Morgan fingerprint density at radius 1 is 0.800 bits per heavy atom. The van der Waals surface area contributed by atoms with Crippen molar-refractivity contribution < 1.29 is 19.3 Å². The molecule has 4 nitrogen and oxygen atoms in total. The van der Waals surface area contributed by atoms with E-state index < -0.39 is 0 Å². The van der Waals surface area contributed by atoms with E-state index in [0.717, 1.165) is 7.14 Å². The molecule has 2 aromatic rings. The predicted octanol–water partition coefficient (Wildman–Crippen LogP) is 4.41. The maximum Gasteiger partial charge on any atom is 0.201 e. The minimum absolute atomic E-state index is 0.0338. The summed E-state index contributed by atoms with van der Waals surface area (Å²) >= 11 is 4.33. The van der Waals surface area contributed by atoms with E-state index in [-0.39, 0.29) is 5.75 Å². The first-order valence-corrected chi connectivity index (χ1v) is 7.78. The summed E-state index contributed by atoms with van der Waals surface area (Å²) in [5.41, 5.74) is 0. The summed E-state index contributed by atoms with van der Waals surface area (Å²) in [4.78, 5) is 0. The lowest BCUT2D eigenvalue weighted by Gasteiger charge is -2.13. The van der Waals surface area contributed by atoms with Crippen molar-refractivity contribution in [3.05, 3.63) is 37.5 Å². The third-order valence-corrected chi connectivity index (χ3v) is 3.86. The van der Waals surface area contributed by atoms with Crippen LogP contribution in [0.1, 0.15) is 0 Å². The lowest BCUT2D eigenvalue weighted by atomic mass is 10.3. The second kappa shape index (κ2) is 6.70. The summed E-state index contributed by atoms with van der Waals surface area (Å²) in [5.74, 6) is 1.81. The van der Waals surface area contributed by atoms with Gasteiger partial charge in [-0.15, -0.1) is 0 Å². The molecule has 0 spiro atoms. The fourth-order valence-corrected chi connectivity index (χ4v) is 2.66. The Labute approximate surface area is 144 Å². The van der Waals surface area contributed by atoms with Crippen LogP contribution in [0.3, 0.4) is 0 Å². The Hall–Kier alpha value is -0.900. The summed E-state index contributed by atoms with van der Waals surface area (Å²) in [6.07, 6.45) is 0. The lowest BCUT2D eigenvalue weighted by Crippen LogP contribution is -1.93. The zero-order valence-corrected chi connectivity index (χ0v) is 15.1. The maximum atomic E-state index is 10.1. The third kappa shape index (κ3) is 3.40. The number of methoxy groups -OCH3 is 2. The third-order valence-electron chi connectivity index (χ3n) is 2.57. The minimum Gasteiger partial charge on any atom is -0.502 e. The first-order valence-electron chi connectivity index (χ1n) is 5.63. The van der Waals surface area contributed by atoms with E-state index in [0.29, 0.717) is 23.0 Å². The van der Waals surface area contributed by atoms with Gasteiger partial charge in [0, 0.05) is 7.14 Å². The number of benzene rings is 2. The predicted molar refractivity (Wildman–Crippen MR) is 93.2 cm³/mol. The molecule has 2 rings (SSSR count). The van der Waals surface area contributed by atoms with Gasteiger partial charge in [-0.2, -0.15) is 0 Å². The molecule has 0 aliphatic carbocycles. The zero-order valence-electron chi connectivity index (χ0n) is 10.8. The van der Waals surface area contributed by atoms with Gasteiger partial charge >= 0.3 is 0 Å². The number of rotatable bonds is 4. The molecule has 1 N–H and O–H groups in total. The normalized spacial score (nSPS) is 10.2. The first kappa shape index (κ1) is 15.5. The molecule has 2 aromatic carbocycles. The summed E-state index contributed by atoms with van der Waals surface area (Å²) in [5, 5.41) is 10.1. The van der Waals surface area contributed by atoms with Crippen LogP contribution in [-0.2, 0) is 0 Å². The summed E-state index contributed by atoms with van der Waals surface area (Å²) in [6.45, 7) is 0. The fourth-order valence-electron chi connectivity index (χ4n) is 1.63. The Morgan fingerprint density at radius 2 is 1.40 bits per heavy atom. The summed E-state index contributed by atoms with van der Waals surface area (Å²) in [6, 6.07) is 9.02. The number of halogens is 2. The molecule has 0 aromatic heterocycles. The molecule has 20 heavy (non-hydrogen) atoms. The number of hydrogen-bond acceptors (Lipinski definition) is 4. The van der Waals surface area contributed by atoms with Crippen molar-refractivity contribution in [1.82, 2.24) is 0 Å². The Bertz CT molecular complexity index is 629. The van der Waals surface area contributed by atoms with Crippen molar-refractivity contribution >= 4 is 45.2 Å². The van der Waals surface area contributed by atoms with Crippen molar-refractivity contribution in [2.45, 2.75) is 0 Å². The molecule has 0 radical (unpaired) electrons.